The number of amides is 1. The van der Waals surface area contributed by atoms with E-state index in [0.717, 1.165) is 35.1 Å². The molecule has 0 aliphatic heterocycles. The van der Waals surface area contributed by atoms with Crippen LogP contribution in [0.15, 0.2) is 103 Å². The van der Waals surface area contributed by atoms with Gasteiger partial charge in [-0.2, -0.15) is 8.78 Å². The number of carbonyl (C=O) groups is 2. The molecule has 0 radical (unpaired) electrons. The molecule has 0 aromatic heterocycles. The second kappa shape index (κ2) is 14.0. The van der Waals surface area contributed by atoms with Crippen molar-refractivity contribution in [1.82, 2.24) is 4.90 Å². The zero-order valence-corrected chi connectivity index (χ0v) is 22.0. The number of aliphatic carboxylic acids is 1. The predicted molar refractivity (Wildman–Crippen MR) is 150 cm³/mol. The molecule has 5 nitrogen and oxygen atoms in total. The Hall–Kier alpha value is -4.52. The summed E-state index contributed by atoms with van der Waals surface area (Å²) in [4.78, 5) is 26.3. The maximum absolute atomic E-state index is 13.5. The average molecular weight is 544 g/mol. The van der Waals surface area contributed by atoms with Crippen LogP contribution in [0.2, 0.25) is 0 Å². The SMILES string of the molecule is O=C(O)CCc1ccccc1-c1ccc(CN(CCCc2ccccc2)C(=O)c2ccc(OC(F)F)cc2)cc1. The van der Waals surface area contributed by atoms with E-state index in [-0.39, 0.29) is 18.1 Å². The number of nitrogens with zero attached hydrogens (tertiary/aromatic N) is 1. The molecule has 0 bridgehead atoms. The van der Waals surface area contributed by atoms with Gasteiger partial charge in [0, 0.05) is 25.1 Å². The Morgan fingerprint density at radius 3 is 2.12 bits per heavy atom. The Morgan fingerprint density at radius 2 is 1.45 bits per heavy atom. The smallest absolute Gasteiger partial charge is 0.387 e. The van der Waals surface area contributed by atoms with E-state index < -0.39 is 12.6 Å². The van der Waals surface area contributed by atoms with Crippen molar-refractivity contribution in [3.8, 4) is 16.9 Å². The van der Waals surface area contributed by atoms with Crippen molar-refractivity contribution in [3.63, 3.8) is 0 Å². The second-order valence-corrected chi connectivity index (χ2v) is 9.47. The molecular formula is C33H31F2NO4. The van der Waals surface area contributed by atoms with Crippen molar-refractivity contribution in [1.29, 1.82) is 0 Å². The zero-order chi connectivity index (χ0) is 28.3. The largest absolute Gasteiger partial charge is 0.481 e. The maximum atomic E-state index is 13.5. The van der Waals surface area contributed by atoms with Gasteiger partial charge in [-0.3, -0.25) is 9.59 Å². The van der Waals surface area contributed by atoms with Gasteiger partial charge < -0.3 is 14.7 Å². The van der Waals surface area contributed by atoms with Gasteiger partial charge in [0.2, 0.25) is 0 Å². The lowest BCUT2D eigenvalue weighted by Crippen LogP contribution is -2.31. The molecule has 4 aromatic rings. The van der Waals surface area contributed by atoms with Crippen LogP contribution in [-0.2, 0) is 24.2 Å². The van der Waals surface area contributed by atoms with Crippen LogP contribution in [0.25, 0.3) is 11.1 Å². The molecule has 1 amide bonds. The summed E-state index contributed by atoms with van der Waals surface area (Å²) in [5, 5.41) is 9.09. The fourth-order valence-electron chi connectivity index (χ4n) is 4.60. The Kier molecular flexibility index (Phi) is 9.99. The molecule has 4 rings (SSSR count). The molecule has 40 heavy (non-hydrogen) atoms. The van der Waals surface area contributed by atoms with E-state index in [9.17, 15) is 18.4 Å². The number of hydrogen-bond acceptors (Lipinski definition) is 3. The predicted octanol–water partition coefficient (Wildman–Crippen LogP) is 7.25. The third kappa shape index (κ3) is 8.24. The summed E-state index contributed by atoms with van der Waals surface area (Å²) >= 11 is 0. The topological polar surface area (TPSA) is 66.8 Å². The number of halogens is 2. The number of rotatable bonds is 13. The molecule has 0 saturated heterocycles. The molecule has 0 saturated carbocycles. The number of benzene rings is 4. The first kappa shape index (κ1) is 28.5. The first-order valence-electron chi connectivity index (χ1n) is 13.2. The lowest BCUT2D eigenvalue weighted by molar-refractivity contribution is -0.136. The molecule has 7 heteroatoms. The van der Waals surface area contributed by atoms with Gasteiger partial charge in [0.05, 0.1) is 0 Å². The van der Waals surface area contributed by atoms with Crippen LogP contribution in [0.4, 0.5) is 8.78 Å². The van der Waals surface area contributed by atoms with Crippen LogP contribution < -0.4 is 4.74 Å². The van der Waals surface area contributed by atoms with E-state index in [1.54, 1.807) is 4.90 Å². The van der Waals surface area contributed by atoms with E-state index in [0.29, 0.717) is 25.1 Å². The summed E-state index contributed by atoms with van der Waals surface area (Å²) in [5.41, 5.74) is 5.45. The van der Waals surface area contributed by atoms with E-state index in [2.05, 4.69) is 16.9 Å². The summed E-state index contributed by atoms with van der Waals surface area (Å²) < 4.78 is 29.5. The molecule has 0 unspecified atom stereocenters. The zero-order valence-electron chi connectivity index (χ0n) is 22.0. The fraction of sp³-hybridized carbons (Fsp3) is 0.212. The number of hydrogen-bond donors (Lipinski definition) is 1. The van der Waals surface area contributed by atoms with Crippen molar-refractivity contribution in [3.05, 3.63) is 125 Å². The lowest BCUT2D eigenvalue weighted by atomic mass is 9.96. The van der Waals surface area contributed by atoms with Crippen LogP contribution in [0.1, 0.15) is 39.9 Å². The van der Waals surface area contributed by atoms with Gasteiger partial charge in [0.1, 0.15) is 5.75 Å². The third-order valence-corrected chi connectivity index (χ3v) is 6.61. The van der Waals surface area contributed by atoms with Gasteiger partial charge in [-0.05, 0) is 71.3 Å². The minimum atomic E-state index is -2.93. The number of aryl methyl sites for hydroxylation is 2. The average Bonchev–Trinajstić information content (AvgIpc) is 2.96. The molecule has 0 heterocycles. The van der Waals surface area contributed by atoms with E-state index in [1.165, 1.54) is 29.8 Å². The highest BCUT2D eigenvalue weighted by molar-refractivity contribution is 5.94. The number of carbonyl (C=O) groups excluding carboxylic acids is 1. The van der Waals surface area contributed by atoms with Crippen molar-refractivity contribution in [2.45, 2.75) is 38.8 Å². The van der Waals surface area contributed by atoms with Gasteiger partial charge in [0.15, 0.2) is 0 Å². The van der Waals surface area contributed by atoms with Crippen LogP contribution in [-0.4, -0.2) is 35.0 Å². The molecule has 0 aliphatic carbocycles. The molecule has 1 N–H and O–H groups in total. The minimum Gasteiger partial charge on any atom is -0.481 e. The third-order valence-electron chi connectivity index (χ3n) is 6.61. The number of carboxylic acids is 1. The van der Waals surface area contributed by atoms with Crippen LogP contribution >= 0.6 is 0 Å². The molecule has 0 spiro atoms. The summed E-state index contributed by atoms with van der Waals surface area (Å²) in [6, 6.07) is 31.5. The Bertz CT molecular complexity index is 1390. The van der Waals surface area contributed by atoms with E-state index in [1.807, 2.05) is 66.7 Å². The fourth-order valence-corrected chi connectivity index (χ4v) is 4.60. The number of alkyl halides is 2. The summed E-state index contributed by atoms with van der Waals surface area (Å²) in [6.45, 7) is -2.03. The Morgan fingerprint density at radius 1 is 0.775 bits per heavy atom. The van der Waals surface area contributed by atoms with Crippen molar-refractivity contribution < 1.29 is 28.2 Å². The molecule has 0 atom stereocenters. The highest BCUT2D eigenvalue weighted by atomic mass is 19.3. The van der Waals surface area contributed by atoms with Gasteiger partial charge in [0.25, 0.3) is 5.91 Å². The quantitative estimate of drug-likeness (QED) is 0.193. The highest BCUT2D eigenvalue weighted by Gasteiger charge is 2.17. The Balaban J connectivity index is 1.50. The Labute approximate surface area is 232 Å². The van der Waals surface area contributed by atoms with Gasteiger partial charge >= 0.3 is 12.6 Å². The van der Waals surface area contributed by atoms with Gasteiger partial charge in [-0.25, -0.2) is 0 Å². The summed E-state index contributed by atoms with van der Waals surface area (Å²) in [6.07, 6.45) is 2.08. The molecule has 0 aliphatic rings. The van der Waals surface area contributed by atoms with E-state index in [4.69, 9.17) is 5.11 Å². The molecular weight excluding hydrogens is 512 g/mol. The van der Waals surface area contributed by atoms with Crippen molar-refractivity contribution in [2.75, 3.05) is 6.54 Å². The summed E-state index contributed by atoms with van der Waals surface area (Å²) in [7, 11) is 0. The van der Waals surface area contributed by atoms with Gasteiger partial charge in [-0.15, -0.1) is 0 Å². The maximum Gasteiger partial charge on any atom is 0.387 e. The minimum absolute atomic E-state index is 0.00130. The first-order valence-corrected chi connectivity index (χ1v) is 13.2. The number of carboxylic acid groups (broad SMARTS) is 1. The van der Waals surface area contributed by atoms with Crippen LogP contribution in [0.5, 0.6) is 5.75 Å². The van der Waals surface area contributed by atoms with Crippen LogP contribution in [0.3, 0.4) is 0 Å². The molecule has 206 valence electrons. The van der Waals surface area contributed by atoms with Crippen molar-refractivity contribution in [2.24, 2.45) is 0 Å². The first-order chi connectivity index (χ1) is 19.4. The summed E-state index contributed by atoms with van der Waals surface area (Å²) in [5.74, 6) is -1.03. The van der Waals surface area contributed by atoms with Gasteiger partial charge in [-0.1, -0.05) is 78.9 Å². The highest BCUT2D eigenvalue weighted by Crippen LogP contribution is 2.26. The monoisotopic (exact) mass is 543 g/mol. The second-order valence-electron chi connectivity index (χ2n) is 9.47. The normalized spacial score (nSPS) is 10.9. The number of ether oxygens (including phenoxy) is 1. The van der Waals surface area contributed by atoms with Crippen molar-refractivity contribution >= 4 is 11.9 Å². The molecule has 4 aromatic carbocycles. The standard InChI is InChI=1S/C33H31F2NO4/c34-33(35)40-29-19-16-28(17-20-29)32(39)36(22-6-9-24-7-2-1-3-8-24)23-25-12-14-27(15-13-25)30-11-5-4-10-26(30)18-21-31(37)38/h1-5,7-8,10-17,19-20,33H,6,9,18,21-23H2,(H,37,38). The molecule has 0 fully saturated rings. The van der Waals surface area contributed by atoms with E-state index >= 15 is 0 Å². The van der Waals surface area contributed by atoms with Crippen LogP contribution in [0, 0.1) is 0 Å². The lowest BCUT2D eigenvalue weighted by Gasteiger charge is -2.23.